The van der Waals surface area contributed by atoms with Gasteiger partial charge in [-0.25, -0.2) is 0 Å². The minimum Gasteiger partial charge on any atom is -0.495 e. The van der Waals surface area contributed by atoms with E-state index < -0.39 is 0 Å². The van der Waals surface area contributed by atoms with Crippen molar-refractivity contribution in [2.75, 3.05) is 32.1 Å². The molecule has 0 bridgehead atoms. The Kier molecular flexibility index (Phi) is 4.59. The standard InChI is InChI=1S/C20H29N3O2/c1-14-11-16(13-23(14)17-6-7-17)21-18-12-15(5-8-19(18)25-2)20(24)22-9-3-4-10-22/h5,8,12,14,16-17,21H,3-4,6-7,9-11,13H2,1-2H3. The summed E-state index contributed by atoms with van der Waals surface area (Å²) in [7, 11) is 1.69. The van der Waals surface area contributed by atoms with Gasteiger partial charge in [-0.3, -0.25) is 9.69 Å². The largest absolute Gasteiger partial charge is 0.495 e. The van der Waals surface area contributed by atoms with Gasteiger partial charge in [0.1, 0.15) is 5.75 Å². The van der Waals surface area contributed by atoms with Crippen LogP contribution in [0.15, 0.2) is 18.2 Å². The van der Waals surface area contributed by atoms with Gasteiger partial charge in [0.25, 0.3) is 5.91 Å². The van der Waals surface area contributed by atoms with Gasteiger partial charge in [0.05, 0.1) is 12.8 Å². The van der Waals surface area contributed by atoms with E-state index in [0.717, 1.165) is 61.9 Å². The average Bonchev–Trinajstić information content (AvgIpc) is 3.17. The summed E-state index contributed by atoms with van der Waals surface area (Å²) in [5.41, 5.74) is 1.71. The Labute approximate surface area is 150 Å². The summed E-state index contributed by atoms with van der Waals surface area (Å²) < 4.78 is 5.53. The fourth-order valence-electron chi connectivity index (χ4n) is 4.35. The third-order valence-electron chi connectivity index (χ3n) is 5.84. The van der Waals surface area contributed by atoms with E-state index in [0.29, 0.717) is 12.1 Å². The lowest BCUT2D eigenvalue weighted by molar-refractivity contribution is 0.0793. The van der Waals surface area contributed by atoms with E-state index in [1.807, 2.05) is 23.1 Å². The molecule has 0 aromatic heterocycles. The maximum absolute atomic E-state index is 12.7. The molecule has 25 heavy (non-hydrogen) atoms. The topological polar surface area (TPSA) is 44.8 Å². The van der Waals surface area contributed by atoms with E-state index in [-0.39, 0.29) is 5.91 Å². The molecule has 0 radical (unpaired) electrons. The highest BCUT2D eigenvalue weighted by molar-refractivity contribution is 5.95. The van der Waals surface area contributed by atoms with Crippen LogP contribution in [0.1, 0.15) is 49.4 Å². The minimum absolute atomic E-state index is 0.141. The lowest BCUT2D eigenvalue weighted by Gasteiger charge is -2.21. The van der Waals surface area contributed by atoms with Crippen LogP contribution >= 0.6 is 0 Å². The molecule has 2 unspecified atom stereocenters. The summed E-state index contributed by atoms with van der Waals surface area (Å²) in [6.07, 6.45) is 6.07. The highest BCUT2D eigenvalue weighted by atomic mass is 16.5. The molecule has 5 nitrogen and oxygen atoms in total. The van der Waals surface area contributed by atoms with Gasteiger partial charge in [0, 0.05) is 43.3 Å². The van der Waals surface area contributed by atoms with Crippen LogP contribution < -0.4 is 10.1 Å². The van der Waals surface area contributed by atoms with E-state index in [1.165, 1.54) is 12.8 Å². The number of nitrogens with one attached hydrogen (secondary N) is 1. The number of hydrogen-bond donors (Lipinski definition) is 1. The average molecular weight is 343 g/mol. The van der Waals surface area contributed by atoms with Gasteiger partial charge in [-0.05, 0) is 57.2 Å². The number of ether oxygens (including phenoxy) is 1. The van der Waals surface area contributed by atoms with Crippen LogP contribution in [0.5, 0.6) is 5.75 Å². The van der Waals surface area contributed by atoms with Crippen LogP contribution in [0.2, 0.25) is 0 Å². The Morgan fingerprint density at radius 3 is 2.68 bits per heavy atom. The summed E-state index contributed by atoms with van der Waals surface area (Å²) >= 11 is 0. The molecule has 1 N–H and O–H groups in total. The molecule has 3 fully saturated rings. The molecular formula is C20H29N3O2. The third kappa shape index (κ3) is 3.47. The Hall–Kier alpha value is -1.75. The zero-order valence-corrected chi connectivity index (χ0v) is 15.3. The lowest BCUT2D eigenvalue weighted by Crippen LogP contribution is -2.31. The van der Waals surface area contributed by atoms with E-state index >= 15 is 0 Å². The number of benzene rings is 1. The van der Waals surface area contributed by atoms with Crippen LogP contribution in [0.4, 0.5) is 5.69 Å². The van der Waals surface area contributed by atoms with Crippen molar-refractivity contribution in [1.29, 1.82) is 0 Å². The number of anilines is 1. The van der Waals surface area contributed by atoms with Crippen LogP contribution in [0.25, 0.3) is 0 Å². The fourth-order valence-corrected chi connectivity index (χ4v) is 4.35. The molecule has 1 aromatic rings. The van der Waals surface area contributed by atoms with Gasteiger partial charge in [-0.2, -0.15) is 0 Å². The van der Waals surface area contributed by atoms with Crippen molar-refractivity contribution in [3.05, 3.63) is 23.8 Å². The van der Waals surface area contributed by atoms with Gasteiger partial charge in [-0.1, -0.05) is 0 Å². The van der Waals surface area contributed by atoms with E-state index in [9.17, 15) is 4.79 Å². The summed E-state index contributed by atoms with van der Waals surface area (Å²) in [5.74, 6) is 0.957. The molecule has 3 aliphatic rings. The zero-order chi connectivity index (χ0) is 17.4. The van der Waals surface area contributed by atoms with Crippen molar-refractivity contribution in [2.24, 2.45) is 0 Å². The van der Waals surface area contributed by atoms with Crippen LogP contribution in [-0.4, -0.2) is 60.6 Å². The van der Waals surface area contributed by atoms with Crippen LogP contribution in [0, 0.1) is 0 Å². The number of hydrogen-bond acceptors (Lipinski definition) is 4. The smallest absolute Gasteiger partial charge is 0.253 e. The molecule has 2 heterocycles. The van der Waals surface area contributed by atoms with Crippen LogP contribution in [0.3, 0.4) is 0 Å². The lowest BCUT2D eigenvalue weighted by atomic mass is 10.1. The SMILES string of the molecule is COc1ccc(C(=O)N2CCCC2)cc1NC1CC(C)N(C2CC2)C1. The molecule has 2 atom stereocenters. The minimum atomic E-state index is 0.141. The number of carbonyl (C=O) groups excluding carboxylic acids is 1. The van der Waals surface area contributed by atoms with Crippen molar-refractivity contribution < 1.29 is 9.53 Å². The second kappa shape index (κ2) is 6.87. The van der Waals surface area contributed by atoms with Crippen molar-refractivity contribution >= 4 is 11.6 Å². The number of likely N-dealkylation sites (tertiary alicyclic amines) is 2. The first-order chi connectivity index (χ1) is 12.2. The quantitative estimate of drug-likeness (QED) is 0.893. The molecule has 136 valence electrons. The number of amides is 1. The molecule has 2 saturated heterocycles. The molecule has 0 spiro atoms. The number of methoxy groups -OCH3 is 1. The Morgan fingerprint density at radius 2 is 2.00 bits per heavy atom. The Balaban J connectivity index is 1.49. The molecule has 1 amide bonds. The first-order valence-electron chi connectivity index (χ1n) is 9.65. The van der Waals surface area contributed by atoms with E-state index in [1.54, 1.807) is 7.11 Å². The first-order valence-corrected chi connectivity index (χ1v) is 9.65. The molecule has 1 saturated carbocycles. The summed E-state index contributed by atoms with van der Waals surface area (Å²) in [6, 6.07) is 7.63. The maximum Gasteiger partial charge on any atom is 0.253 e. The predicted molar refractivity (Wildman–Crippen MR) is 99.3 cm³/mol. The van der Waals surface area contributed by atoms with E-state index in [4.69, 9.17) is 4.74 Å². The van der Waals surface area contributed by atoms with Gasteiger partial charge >= 0.3 is 0 Å². The maximum atomic E-state index is 12.7. The van der Waals surface area contributed by atoms with Crippen molar-refractivity contribution in [1.82, 2.24) is 9.80 Å². The Bertz CT molecular complexity index is 638. The first kappa shape index (κ1) is 16.7. The normalized spacial score (nSPS) is 26.9. The van der Waals surface area contributed by atoms with Crippen LogP contribution in [-0.2, 0) is 0 Å². The molecule has 1 aliphatic carbocycles. The summed E-state index contributed by atoms with van der Waals surface area (Å²) in [6.45, 7) is 5.16. The van der Waals surface area contributed by atoms with Crippen molar-refractivity contribution in [3.63, 3.8) is 0 Å². The highest BCUT2D eigenvalue weighted by Gasteiger charge is 2.38. The highest BCUT2D eigenvalue weighted by Crippen LogP contribution is 2.35. The Morgan fingerprint density at radius 1 is 1.24 bits per heavy atom. The summed E-state index contributed by atoms with van der Waals surface area (Å²) in [5, 5.41) is 3.65. The van der Waals surface area contributed by atoms with Crippen molar-refractivity contribution in [3.8, 4) is 5.75 Å². The number of carbonyl (C=O) groups is 1. The van der Waals surface area contributed by atoms with Gasteiger partial charge < -0.3 is 15.0 Å². The van der Waals surface area contributed by atoms with Gasteiger partial charge in [0.15, 0.2) is 0 Å². The van der Waals surface area contributed by atoms with E-state index in [2.05, 4.69) is 17.1 Å². The van der Waals surface area contributed by atoms with Crippen molar-refractivity contribution in [2.45, 2.75) is 57.2 Å². The molecular weight excluding hydrogens is 314 g/mol. The molecule has 5 heteroatoms. The fraction of sp³-hybridized carbons (Fsp3) is 0.650. The monoisotopic (exact) mass is 343 g/mol. The second-order valence-corrected chi connectivity index (χ2v) is 7.77. The molecule has 1 aromatic carbocycles. The third-order valence-corrected chi connectivity index (χ3v) is 5.84. The predicted octanol–water partition coefficient (Wildman–Crippen LogP) is 2.97. The molecule has 2 aliphatic heterocycles. The number of nitrogens with zero attached hydrogens (tertiary/aromatic N) is 2. The van der Waals surface area contributed by atoms with Gasteiger partial charge in [-0.15, -0.1) is 0 Å². The zero-order valence-electron chi connectivity index (χ0n) is 15.3. The summed E-state index contributed by atoms with van der Waals surface area (Å²) in [4.78, 5) is 17.3. The number of rotatable bonds is 5. The van der Waals surface area contributed by atoms with Gasteiger partial charge in [0.2, 0.25) is 0 Å². The second-order valence-electron chi connectivity index (χ2n) is 7.77. The molecule has 4 rings (SSSR count).